The van der Waals surface area contributed by atoms with Crippen LogP contribution >= 0.6 is 0 Å². The summed E-state index contributed by atoms with van der Waals surface area (Å²) in [5, 5.41) is 7.99. The van der Waals surface area contributed by atoms with Gasteiger partial charge in [0, 0.05) is 19.5 Å². The number of imidazole rings is 1. The largest absolute Gasteiger partial charge is 0.354 e. The monoisotopic (exact) mass is 386 g/mol. The Morgan fingerprint density at radius 3 is 2.56 bits per heavy atom. The van der Waals surface area contributed by atoms with Gasteiger partial charge in [-0.05, 0) is 43.2 Å². The molecular formula is C19H22N4O3S. The van der Waals surface area contributed by atoms with Crippen molar-refractivity contribution >= 4 is 27.0 Å². The van der Waals surface area contributed by atoms with Gasteiger partial charge in [-0.3, -0.25) is 4.79 Å². The molecule has 7 nitrogen and oxygen atoms in total. The lowest BCUT2D eigenvalue weighted by atomic mass is 10.1. The van der Waals surface area contributed by atoms with Gasteiger partial charge in [0.25, 0.3) is 0 Å². The van der Waals surface area contributed by atoms with Crippen molar-refractivity contribution in [2.75, 3.05) is 6.54 Å². The van der Waals surface area contributed by atoms with E-state index in [9.17, 15) is 13.2 Å². The summed E-state index contributed by atoms with van der Waals surface area (Å²) < 4.78 is 24.6. The third-order valence-electron chi connectivity index (χ3n) is 4.40. The molecule has 1 amide bonds. The van der Waals surface area contributed by atoms with E-state index in [0.29, 0.717) is 25.9 Å². The highest BCUT2D eigenvalue weighted by atomic mass is 32.2. The van der Waals surface area contributed by atoms with Crippen LogP contribution in [-0.4, -0.2) is 30.4 Å². The Bertz CT molecular complexity index is 1060. The normalized spacial score (nSPS) is 11.6. The number of benzene rings is 2. The Morgan fingerprint density at radius 2 is 1.85 bits per heavy atom. The number of nitrogens with two attached hydrogens (primary N) is 1. The highest BCUT2D eigenvalue weighted by Crippen LogP contribution is 2.15. The van der Waals surface area contributed by atoms with E-state index in [1.54, 1.807) is 12.1 Å². The van der Waals surface area contributed by atoms with Crippen molar-refractivity contribution in [1.29, 1.82) is 0 Å². The summed E-state index contributed by atoms with van der Waals surface area (Å²) in [4.78, 5) is 16.6. The molecule has 0 aliphatic heterocycles. The number of nitrogens with one attached hydrogen (secondary N) is 1. The first-order valence-electron chi connectivity index (χ1n) is 8.65. The van der Waals surface area contributed by atoms with E-state index >= 15 is 0 Å². The molecule has 0 atom stereocenters. The van der Waals surface area contributed by atoms with Crippen LogP contribution in [0, 0.1) is 6.92 Å². The predicted octanol–water partition coefficient (Wildman–Crippen LogP) is 1.74. The minimum Gasteiger partial charge on any atom is -0.354 e. The second-order valence-electron chi connectivity index (χ2n) is 6.34. The van der Waals surface area contributed by atoms with Crippen LogP contribution in [0.15, 0.2) is 53.4 Å². The number of amides is 1. The summed E-state index contributed by atoms with van der Waals surface area (Å²) in [6.45, 7) is 3.12. The fourth-order valence-electron chi connectivity index (χ4n) is 2.98. The van der Waals surface area contributed by atoms with Gasteiger partial charge in [0.2, 0.25) is 15.9 Å². The number of carbonyl (C=O) groups is 1. The molecule has 0 saturated carbocycles. The van der Waals surface area contributed by atoms with E-state index in [2.05, 4.69) is 14.9 Å². The van der Waals surface area contributed by atoms with E-state index in [4.69, 9.17) is 5.14 Å². The van der Waals surface area contributed by atoms with E-state index < -0.39 is 10.0 Å². The topological polar surface area (TPSA) is 107 Å². The molecule has 1 heterocycles. The van der Waals surface area contributed by atoms with E-state index in [1.807, 2.05) is 31.2 Å². The summed E-state index contributed by atoms with van der Waals surface area (Å²) in [5.74, 6) is 0.869. The van der Waals surface area contributed by atoms with E-state index in [0.717, 1.165) is 22.4 Å². The lowest BCUT2D eigenvalue weighted by Crippen LogP contribution is -2.27. The standard InChI is InChI=1S/C19H22N4O3S/c1-14-22-17-4-2-3-5-18(17)23(14)13-12-21-19(24)11-8-15-6-9-16(10-7-15)27(20,25)26/h2-7,9-10H,8,11-13H2,1H3,(H,21,24)(H2,20,25,26). The van der Waals surface area contributed by atoms with Crippen molar-refractivity contribution in [1.82, 2.24) is 14.9 Å². The first kappa shape index (κ1) is 19.1. The average molecular weight is 386 g/mol. The molecule has 27 heavy (non-hydrogen) atoms. The van der Waals surface area contributed by atoms with Crippen LogP contribution in [0.5, 0.6) is 0 Å². The Balaban J connectivity index is 1.49. The minimum absolute atomic E-state index is 0.0485. The second-order valence-corrected chi connectivity index (χ2v) is 7.90. The van der Waals surface area contributed by atoms with E-state index in [1.165, 1.54) is 12.1 Å². The molecule has 142 valence electrons. The SMILES string of the molecule is Cc1nc2ccccc2n1CCNC(=O)CCc1ccc(S(N)(=O)=O)cc1. The number of primary sulfonamides is 1. The molecule has 3 aromatic rings. The van der Waals surface area contributed by atoms with E-state index in [-0.39, 0.29) is 10.8 Å². The van der Waals surface area contributed by atoms with Crippen LogP contribution in [0.25, 0.3) is 11.0 Å². The summed E-state index contributed by atoms with van der Waals surface area (Å²) in [5.41, 5.74) is 2.89. The van der Waals surface area contributed by atoms with Crippen LogP contribution in [0.1, 0.15) is 17.8 Å². The van der Waals surface area contributed by atoms with Gasteiger partial charge in [-0.25, -0.2) is 18.5 Å². The summed E-state index contributed by atoms with van der Waals surface area (Å²) in [7, 11) is -3.69. The highest BCUT2D eigenvalue weighted by Gasteiger charge is 2.09. The zero-order valence-corrected chi connectivity index (χ0v) is 15.9. The van der Waals surface area contributed by atoms with Crippen molar-refractivity contribution in [2.24, 2.45) is 5.14 Å². The third kappa shape index (κ3) is 4.72. The number of aromatic nitrogens is 2. The molecule has 0 bridgehead atoms. The lowest BCUT2D eigenvalue weighted by molar-refractivity contribution is -0.121. The molecule has 0 aliphatic carbocycles. The van der Waals surface area contributed by atoms with Gasteiger partial charge in [-0.15, -0.1) is 0 Å². The van der Waals surface area contributed by atoms with Crippen molar-refractivity contribution in [3.8, 4) is 0 Å². The smallest absolute Gasteiger partial charge is 0.238 e. The molecule has 1 aromatic heterocycles. The molecule has 0 spiro atoms. The Hall–Kier alpha value is -2.71. The summed E-state index contributed by atoms with van der Waals surface area (Å²) in [6, 6.07) is 14.2. The summed E-state index contributed by atoms with van der Waals surface area (Å²) >= 11 is 0. The van der Waals surface area contributed by atoms with Crippen LogP contribution in [-0.2, 0) is 27.8 Å². The molecule has 3 N–H and O–H groups in total. The number of rotatable bonds is 7. The minimum atomic E-state index is -3.69. The van der Waals surface area contributed by atoms with Gasteiger partial charge in [0.05, 0.1) is 15.9 Å². The van der Waals surface area contributed by atoms with Crippen LogP contribution in [0.3, 0.4) is 0 Å². The molecule has 0 radical (unpaired) electrons. The average Bonchev–Trinajstić information content (AvgIpc) is 2.95. The Kier molecular flexibility index (Phi) is 5.57. The zero-order chi connectivity index (χ0) is 19.4. The maximum atomic E-state index is 12.1. The quantitative estimate of drug-likeness (QED) is 0.645. The number of hydrogen-bond donors (Lipinski definition) is 2. The van der Waals surface area contributed by atoms with Gasteiger partial charge in [-0.2, -0.15) is 0 Å². The molecular weight excluding hydrogens is 364 g/mol. The number of carbonyl (C=O) groups excluding carboxylic acids is 1. The maximum Gasteiger partial charge on any atom is 0.238 e. The molecule has 3 rings (SSSR count). The predicted molar refractivity (Wildman–Crippen MR) is 104 cm³/mol. The number of sulfonamides is 1. The number of fused-ring (bicyclic) bond motifs is 1. The van der Waals surface area contributed by atoms with Crippen molar-refractivity contribution in [3.05, 3.63) is 59.9 Å². The maximum absolute atomic E-state index is 12.1. The molecule has 0 saturated heterocycles. The molecule has 8 heteroatoms. The number of aryl methyl sites for hydroxylation is 2. The van der Waals surface area contributed by atoms with Gasteiger partial charge in [-0.1, -0.05) is 24.3 Å². The number of nitrogens with zero attached hydrogens (tertiary/aromatic N) is 2. The Labute approximate surface area is 158 Å². The fraction of sp³-hybridized carbons (Fsp3) is 0.263. The first-order chi connectivity index (χ1) is 12.8. The molecule has 0 fully saturated rings. The zero-order valence-electron chi connectivity index (χ0n) is 15.1. The van der Waals surface area contributed by atoms with Crippen LogP contribution in [0.2, 0.25) is 0 Å². The summed E-state index contributed by atoms with van der Waals surface area (Å²) in [6.07, 6.45) is 0.863. The van der Waals surface area contributed by atoms with Gasteiger partial charge in [0.1, 0.15) is 5.82 Å². The molecule has 0 unspecified atom stereocenters. The van der Waals surface area contributed by atoms with Gasteiger partial charge in [0.15, 0.2) is 0 Å². The molecule has 0 aliphatic rings. The highest BCUT2D eigenvalue weighted by molar-refractivity contribution is 7.89. The van der Waals surface area contributed by atoms with Crippen LogP contribution < -0.4 is 10.5 Å². The third-order valence-corrected chi connectivity index (χ3v) is 5.32. The van der Waals surface area contributed by atoms with Crippen molar-refractivity contribution in [3.63, 3.8) is 0 Å². The second kappa shape index (κ2) is 7.89. The van der Waals surface area contributed by atoms with Gasteiger partial charge < -0.3 is 9.88 Å². The van der Waals surface area contributed by atoms with Gasteiger partial charge >= 0.3 is 0 Å². The number of para-hydroxylation sites is 2. The van der Waals surface area contributed by atoms with Crippen molar-refractivity contribution in [2.45, 2.75) is 31.2 Å². The molecule has 2 aromatic carbocycles. The fourth-order valence-corrected chi connectivity index (χ4v) is 3.49. The Morgan fingerprint density at radius 1 is 1.15 bits per heavy atom. The first-order valence-corrected chi connectivity index (χ1v) is 10.2. The van der Waals surface area contributed by atoms with Crippen LogP contribution in [0.4, 0.5) is 0 Å². The number of hydrogen-bond acceptors (Lipinski definition) is 4. The lowest BCUT2D eigenvalue weighted by Gasteiger charge is -2.09. The van der Waals surface area contributed by atoms with Crippen molar-refractivity contribution < 1.29 is 13.2 Å².